The standard InChI is InChI=1S/C17H16N2O2/c1-10(2)19-17(20)14-9-13-12-6-4-3-5-11(12)7-8-15(13)21-16(14)18/h3-10,18H,1-2H3,(H,19,20). The van der Waals surface area contributed by atoms with Crippen molar-refractivity contribution in [3.05, 3.63) is 53.6 Å². The predicted molar refractivity (Wildman–Crippen MR) is 82.2 cm³/mol. The SMILES string of the molecule is CC(C)NC(=O)c1cc2c(ccc3ccccc32)oc1=N. The molecule has 0 radical (unpaired) electrons. The van der Waals surface area contributed by atoms with Gasteiger partial charge in [-0.2, -0.15) is 0 Å². The highest BCUT2D eigenvalue weighted by Gasteiger charge is 2.13. The lowest BCUT2D eigenvalue weighted by atomic mass is 10.0. The summed E-state index contributed by atoms with van der Waals surface area (Å²) >= 11 is 0. The van der Waals surface area contributed by atoms with Crippen molar-refractivity contribution in [3.8, 4) is 0 Å². The van der Waals surface area contributed by atoms with Crippen molar-refractivity contribution >= 4 is 27.6 Å². The minimum atomic E-state index is -0.284. The molecule has 1 amide bonds. The Morgan fingerprint density at radius 3 is 2.67 bits per heavy atom. The van der Waals surface area contributed by atoms with Crippen molar-refractivity contribution in [2.24, 2.45) is 0 Å². The van der Waals surface area contributed by atoms with Crippen molar-refractivity contribution in [2.45, 2.75) is 19.9 Å². The summed E-state index contributed by atoms with van der Waals surface area (Å²) < 4.78 is 5.51. The van der Waals surface area contributed by atoms with Crippen LogP contribution in [-0.2, 0) is 0 Å². The maximum atomic E-state index is 12.2. The number of hydrogen-bond donors (Lipinski definition) is 2. The van der Waals surface area contributed by atoms with Gasteiger partial charge in [0, 0.05) is 11.4 Å². The van der Waals surface area contributed by atoms with Crippen LogP contribution in [0.1, 0.15) is 24.2 Å². The molecule has 21 heavy (non-hydrogen) atoms. The number of hydrogen-bond acceptors (Lipinski definition) is 3. The highest BCUT2D eigenvalue weighted by Crippen LogP contribution is 2.24. The van der Waals surface area contributed by atoms with E-state index in [0.717, 1.165) is 16.2 Å². The average Bonchev–Trinajstić information content (AvgIpc) is 2.45. The summed E-state index contributed by atoms with van der Waals surface area (Å²) in [5.74, 6) is -0.284. The number of carbonyl (C=O) groups excluding carboxylic acids is 1. The summed E-state index contributed by atoms with van der Waals surface area (Å²) in [6.45, 7) is 3.77. The summed E-state index contributed by atoms with van der Waals surface area (Å²) in [7, 11) is 0. The van der Waals surface area contributed by atoms with Gasteiger partial charge in [0.25, 0.3) is 5.91 Å². The maximum absolute atomic E-state index is 12.2. The molecule has 4 heteroatoms. The lowest BCUT2D eigenvalue weighted by Gasteiger charge is -2.09. The van der Waals surface area contributed by atoms with Gasteiger partial charge in [-0.3, -0.25) is 10.2 Å². The van der Waals surface area contributed by atoms with Crippen molar-refractivity contribution in [2.75, 3.05) is 0 Å². The largest absolute Gasteiger partial charge is 0.438 e. The molecular formula is C17H16N2O2. The Hall–Kier alpha value is -2.62. The molecule has 0 atom stereocenters. The van der Waals surface area contributed by atoms with Crippen molar-refractivity contribution < 1.29 is 9.21 Å². The third-order valence-corrected chi connectivity index (χ3v) is 3.34. The third kappa shape index (κ3) is 2.40. The van der Waals surface area contributed by atoms with Crippen molar-refractivity contribution in [1.29, 1.82) is 5.41 Å². The second-order valence-electron chi connectivity index (χ2n) is 5.32. The first-order valence-corrected chi connectivity index (χ1v) is 6.87. The first kappa shape index (κ1) is 13.4. The van der Waals surface area contributed by atoms with Crippen LogP contribution in [0.15, 0.2) is 46.9 Å². The smallest absolute Gasteiger partial charge is 0.256 e. The molecule has 2 N–H and O–H groups in total. The van der Waals surface area contributed by atoms with Gasteiger partial charge in [0.2, 0.25) is 5.55 Å². The molecule has 1 aromatic heterocycles. The zero-order chi connectivity index (χ0) is 15.0. The van der Waals surface area contributed by atoms with Crippen LogP contribution in [0.25, 0.3) is 21.7 Å². The fourth-order valence-corrected chi connectivity index (χ4v) is 2.40. The topological polar surface area (TPSA) is 66.1 Å². The van der Waals surface area contributed by atoms with E-state index in [4.69, 9.17) is 9.83 Å². The Kier molecular flexibility index (Phi) is 3.22. The first-order chi connectivity index (χ1) is 10.1. The molecule has 0 spiro atoms. The minimum Gasteiger partial charge on any atom is -0.438 e. The molecule has 0 aliphatic rings. The zero-order valence-corrected chi connectivity index (χ0v) is 11.9. The molecule has 0 aliphatic heterocycles. The molecule has 0 saturated heterocycles. The van der Waals surface area contributed by atoms with E-state index in [1.54, 1.807) is 6.07 Å². The predicted octanol–water partition coefficient (Wildman–Crippen LogP) is 3.20. The zero-order valence-electron chi connectivity index (χ0n) is 11.9. The second kappa shape index (κ2) is 5.05. The number of benzene rings is 2. The summed E-state index contributed by atoms with van der Waals surface area (Å²) in [6.07, 6.45) is 0. The van der Waals surface area contributed by atoms with Gasteiger partial charge in [-0.1, -0.05) is 30.3 Å². The van der Waals surface area contributed by atoms with Gasteiger partial charge in [0.1, 0.15) is 11.1 Å². The Labute approximate surface area is 121 Å². The number of nitrogens with one attached hydrogen (secondary N) is 2. The van der Waals surface area contributed by atoms with Gasteiger partial charge in [-0.15, -0.1) is 0 Å². The highest BCUT2D eigenvalue weighted by molar-refractivity contribution is 6.07. The highest BCUT2D eigenvalue weighted by atomic mass is 16.3. The molecule has 2 aromatic carbocycles. The molecule has 1 heterocycles. The molecule has 106 valence electrons. The number of amides is 1. The molecular weight excluding hydrogens is 264 g/mol. The van der Waals surface area contributed by atoms with Crippen LogP contribution in [0.5, 0.6) is 0 Å². The molecule has 4 nitrogen and oxygen atoms in total. The van der Waals surface area contributed by atoms with E-state index in [1.807, 2.05) is 50.2 Å². The number of fused-ring (bicyclic) bond motifs is 3. The fraction of sp³-hybridized carbons (Fsp3) is 0.176. The van der Waals surface area contributed by atoms with Crippen LogP contribution < -0.4 is 10.9 Å². The van der Waals surface area contributed by atoms with Gasteiger partial charge in [-0.25, -0.2) is 0 Å². The van der Waals surface area contributed by atoms with Crippen LogP contribution in [0.2, 0.25) is 0 Å². The van der Waals surface area contributed by atoms with Gasteiger partial charge in [-0.05, 0) is 36.8 Å². The number of carbonyl (C=O) groups is 1. The van der Waals surface area contributed by atoms with E-state index in [0.29, 0.717) is 5.58 Å². The quantitative estimate of drug-likeness (QED) is 0.708. The van der Waals surface area contributed by atoms with E-state index in [-0.39, 0.29) is 23.1 Å². The molecule has 0 bridgehead atoms. The van der Waals surface area contributed by atoms with E-state index >= 15 is 0 Å². The summed E-state index contributed by atoms with van der Waals surface area (Å²) in [5, 5.41) is 13.6. The average molecular weight is 280 g/mol. The molecule has 0 unspecified atom stereocenters. The maximum Gasteiger partial charge on any atom is 0.256 e. The normalized spacial score (nSPS) is 11.2. The molecule has 0 aliphatic carbocycles. The fourth-order valence-electron chi connectivity index (χ4n) is 2.40. The van der Waals surface area contributed by atoms with Crippen LogP contribution in [-0.4, -0.2) is 11.9 Å². The summed E-state index contributed by atoms with van der Waals surface area (Å²) in [4.78, 5) is 12.2. The van der Waals surface area contributed by atoms with Crippen LogP contribution >= 0.6 is 0 Å². The van der Waals surface area contributed by atoms with Gasteiger partial charge in [0.05, 0.1) is 0 Å². The van der Waals surface area contributed by atoms with Crippen molar-refractivity contribution in [1.82, 2.24) is 5.32 Å². The van der Waals surface area contributed by atoms with Crippen LogP contribution in [0.3, 0.4) is 0 Å². The Bertz CT molecular complexity index is 894. The Morgan fingerprint density at radius 1 is 1.14 bits per heavy atom. The van der Waals surface area contributed by atoms with E-state index in [9.17, 15) is 4.79 Å². The van der Waals surface area contributed by atoms with E-state index < -0.39 is 0 Å². The molecule has 3 rings (SSSR count). The van der Waals surface area contributed by atoms with E-state index in [1.165, 1.54) is 0 Å². The monoisotopic (exact) mass is 280 g/mol. The minimum absolute atomic E-state index is 0.0140. The lowest BCUT2D eigenvalue weighted by Crippen LogP contribution is -2.33. The van der Waals surface area contributed by atoms with E-state index in [2.05, 4.69) is 5.32 Å². The first-order valence-electron chi connectivity index (χ1n) is 6.87. The van der Waals surface area contributed by atoms with Gasteiger partial charge in [0.15, 0.2) is 0 Å². The second-order valence-corrected chi connectivity index (χ2v) is 5.32. The molecule has 0 saturated carbocycles. The van der Waals surface area contributed by atoms with Crippen LogP contribution in [0, 0.1) is 5.41 Å². The van der Waals surface area contributed by atoms with Gasteiger partial charge < -0.3 is 9.73 Å². The molecule has 3 aromatic rings. The summed E-state index contributed by atoms with van der Waals surface area (Å²) in [6, 6.07) is 13.5. The summed E-state index contributed by atoms with van der Waals surface area (Å²) in [5.41, 5.74) is 0.753. The third-order valence-electron chi connectivity index (χ3n) is 3.34. The Balaban J connectivity index is 2.27. The number of rotatable bonds is 2. The van der Waals surface area contributed by atoms with Crippen molar-refractivity contribution in [3.63, 3.8) is 0 Å². The van der Waals surface area contributed by atoms with Gasteiger partial charge >= 0.3 is 0 Å². The lowest BCUT2D eigenvalue weighted by molar-refractivity contribution is 0.0939. The molecule has 0 fully saturated rings. The Morgan fingerprint density at radius 2 is 1.90 bits per heavy atom. The van der Waals surface area contributed by atoms with Crippen LogP contribution in [0.4, 0.5) is 0 Å².